The molecule has 3 rings (SSSR count). The van der Waals surface area contributed by atoms with Gasteiger partial charge in [0.2, 0.25) is 0 Å². The third kappa shape index (κ3) is 2.66. The number of anilines is 1. The van der Waals surface area contributed by atoms with Crippen LogP contribution in [0.3, 0.4) is 0 Å². The van der Waals surface area contributed by atoms with Crippen LogP contribution in [0.2, 0.25) is 0 Å². The minimum Gasteiger partial charge on any atom is -0.338 e. The van der Waals surface area contributed by atoms with Gasteiger partial charge in [0, 0.05) is 24.1 Å². The SMILES string of the molecule is CCNC(=O)Nc1cc(C#N)cc(C2CCc3cncn32)c1. The van der Waals surface area contributed by atoms with Crippen molar-refractivity contribution < 1.29 is 4.79 Å². The van der Waals surface area contributed by atoms with Crippen LogP contribution < -0.4 is 10.6 Å². The molecular formula is C16H17N5O. The Morgan fingerprint density at radius 1 is 1.50 bits per heavy atom. The highest BCUT2D eigenvalue weighted by Gasteiger charge is 2.24. The summed E-state index contributed by atoms with van der Waals surface area (Å²) in [6.07, 6.45) is 5.65. The number of benzene rings is 1. The Morgan fingerprint density at radius 3 is 3.14 bits per heavy atom. The van der Waals surface area contributed by atoms with Crippen LogP contribution in [0.15, 0.2) is 30.7 Å². The summed E-state index contributed by atoms with van der Waals surface area (Å²) in [5, 5.41) is 14.7. The molecule has 1 atom stereocenters. The monoisotopic (exact) mass is 295 g/mol. The summed E-state index contributed by atoms with van der Waals surface area (Å²) in [6.45, 7) is 2.41. The lowest BCUT2D eigenvalue weighted by atomic mass is 10.0. The quantitative estimate of drug-likeness (QED) is 0.912. The van der Waals surface area contributed by atoms with Crippen LogP contribution in [-0.2, 0) is 6.42 Å². The molecule has 6 heteroatoms. The number of amides is 2. The number of nitrogens with zero attached hydrogens (tertiary/aromatic N) is 3. The first kappa shape index (κ1) is 14.1. The number of hydrogen-bond acceptors (Lipinski definition) is 3. The second kappa shape index (κ2) is 5.90. The standard InChI is InChI=1S/C16H17N5O/c1-2-19-16(22)20-13-6-11(8-17)5-12(7-13)15-4-3-14-9-18-10-21(14)15/h5-7,9-10,15H,2-4H2,1H3,(H2,19,20,22). The Morgan fingerprint density at radius 2 is 2.36 bits per heavy atom. The molecule has 1 unspecified atom stereocenters. The molecule has 6 nitrogen and oxygen atoms in total. The Labute approximate surface area is 128 Å². The van der Waals surface area contributed by atoms with Gasteiger partial charge in [-0.1, -0.05) is 0 Å². The van der Waals surface area contributed by atoms with Gasteiger partial charge in [0.25, 0.3) is 0 Å². The third-order valence-electron chi connectivity index (χ3n) is 3.82. The number of urea groups is 1. The van der Waals surface area contributed by atoms with Crippen molar-refractivity contribution in [2.45, 2.75) is 25.8 Å². The fourth-order valence-electron chi connectivity index (χ4n) is 2.87. The van der Waals surface area contributed by atoms with Crippen molar-refractivity contribution in [1.82, 2.24) is 14.9 Å². The van der Waals surface area contributed by atoms with Crippen molar-refractivity contribution in [1.29, 1.82) is 5.26 Å². The predicted molar refractivity (Wildman–Crippen MR) is 82.5 cm³/mol. The van der Waals surface area contributed by atoms with E-state index in [1.165, 1.54) is 5.69 Å². The van der Waals surface area contributed by atoms with E-state index in [1.807, 2.05) is 31.6 Å². The summed E-state index contributed by atoms with van der Waals surface area (Å²) in [5.74, 6) is 0. The van der Waals surface area contributed by atoms with Crippen molar-refractivity contribution in [3.8, 4) is 6.07 Å². The minimum atomic E-state index is -0.265. The van der Waals surface area contributed by atoms with Crippen LogP contribution >= 0.6 is 0 Å². The van der Waals surface area contributed by atoms with E-state index in [0.717, 1.165) is 18.4 Å². The molecule has 2 N–H and O–H groups in total. The van der Waals surface area contributed by atoms with Gasteiger partial charge in [-0.25, -0.2) is 9.78 Å². The van der Waals surface area contributed by atoms with Crippen LogP contribution in [0.25, 0.3) is 0 Å². The molecule has 2 amide bonds. The maximum atomic E-state index is 11.7. The summed E-state index contributed by atoms with van der Waals surface area (Å²) in [7, 11) is 0. The van der Waals surface area contributed by atoms with Gasteiger partial charge in [-0.05, 0) is 43.5 Å². The first-order valence-corrected chi connectivity index (χ1v) is 7.32. The van der Waals surface area contributed by atoms with Gasteiger partial charge in [-0.15, -0.1) is 0 Å². The molecule has 1 aromatic heterocycles. The van der Waals surface area contributed by atoms with Crippen molar-refractivity contribution in [2.24, 2.45) is 0 Å². The first-order valence-electron chi connectivity index (χ1n) is 7.32. The number of hydrogen-bond donors (Lipinski definition) is 2. The van der Waals surface area contributed by atoms with Crippen LogP contribution in [-0.4, -0.2) is 22.1 Å². The lowest BCUT2D eigenvalue weighted by Crippen LogP contribution is -2.28. The van der Waals surface area contributed by atoms with Crippen molar-refractivity contribution in [2.75, 3.05) is 11.9 Å². The highest BCUT2D eigenvalue weighted by Crippen LogP contribution is 2.33. The van der Waals surface area contributed by atoms with Crippen LogP contribution in [0.5, 0.6) is 0 Å². The smallest absolute Gasteiger partial charge is 0.319 e. The van der Waals surface area contributed by atoms with E-state index in [2.05, 4.69) is 26.3 Å². The third-order valence-corrected chi connectivity index (χ3v) is 3.82. The van der Waals surface area contributed by atoms with Gasteiger partial charge < -0.3 is 15.2 Å². The lowest BCUT2D eigenvalue weighted by molar-refractivity contribution is 0.252. The molecule has 0 spiro atoms. The molecule has 22 heavy (non-hydrogen) atoms. The van der Waals surface area contributed by atoms with Gasteiger partial charge in [0.1, 0.15) is 0 Å². The normalized spacial score (nSPS) is 15.9. The van der Waals surface area contributed by atoms with Crippen LogP contribution in [0.4, 0.5) is 10.5 Å². The Bertz CT molecular complexity index is 743. The zero-order valence-electron chi connectivity index (χ0n) is 12.3. The summed E-state index contributed by atoms with van der Waals surface area (Å²) >= 11 is 0. The van der Waals surface area contributed by atoms with Gasteiger partial charge in [-0.3, -0.25) is 0 Å². The van der Waals surface area contributed by atoms with E-state index in [4.69, 9.17) is 0 Å². The molecule has 0 bridgehead atoms. The van der Waals surface area contributed by atoms with E-state index >= 15 is 0 Å². The zero-order valence-corrected chi connectivity index (χ0v) is 12.3. The molecule has 0 aliphatic carbocycles. The molecule has 0 fully saturated rings. The van der Waals surface area contributed by atoms with E-state index < -0.39 is 0 Å². The molecule has 0 saturated carbocycles. The molecular weight excluding hydrogens is 278 g/mol. The summed E-state index contributed by atoms with van der Waals surface area (Å²) in [5.41, 5.74) is 3.39. The largest absolute Gasteiger partial charge is 0.338 e. The van der Waals surface area contributed by atoms with E-state index in [-0.39, 0.29) is 12.1 Å². The molecule has 0 radical (unpaired) electrons. The highest BCUT2D eigenvalue weighted by molar-refractivity contribution is 5.89. The number of carbonyl (C=O) groups excluding carboxylic acids is 1. The zero-order chi connectivity index (χ0) is 15.5. The van der Waals surface area contributed by atoms with Crippen molar-refractivity contribution >= 4 is 11.7 Å². The Kier molecular flexibility index (Phi) is 3.79. The Hall–Kier alpha value is -2.81. The Balaban J connectivity index is 1.92. The number of rotatable bonds is 3. The van der Waals surface area contributed by atoms with Gasteiger partial charge in [0.05, 0.1) is 24.0 Å². The first-order chi connectivity index (χ1) is 10.7. The van der Waals surface area contributed by atoms with Gasteiger partial charge in [0.15, 0.2) is 0 Å². The fourth-order valence-corrected chi connectivity index (χ4v) is 2.87. The van der Waals surface area contributed by atoms with E-state index in [0.29, 0.717) is 17.8 Å². The summed E-state index contributed by atoms with van der Waals surface area (Å²) < 4.78 is 2.13. The highest BCUT2D eigenvalue weighted by atomic mass is 16.2. The average Bonchev–Trinajstić information content (AvgIpc) is 3.09. The average molecular weight is 295 g/mol. The molecule has 1 aromatic carbocycles. The fraction of sp³-hybridized carbons (Fsp3) is 0.312. The maximum Gasteiger partial charge on any atom is 0.319 e. The van der Waals surface area contributed by atoms with E-state index in [9.17, 15) is 10.1 Å². The number of nitrogens with one attached hydrogen (secondary N) is 2. The topological polar surface area (TPSA) is 82.7 Å². The second-order valence-electron chi connectivity index (χ2n) is 5.29. The number of nitriles is 1. The minimum absolute atomic E-state index is 0.167. The van der Waals surface area contributed by atoms with Gasteiger partial charge in [-0.2, -0.15) is 5.26 Å². The molecule has 2 heterocycles. The molecule has 112 valence electrons. The predicted octanol–water partition coefficient (Wildman–Crippen LogP) is 2.43. The maximum absolute atomic E-state index is 11.7. The molecule has 2 aromatic rings. The summed E-state index contributed by atoms with van der Waals surface area (Å²) in [4.78, 5) is 15.9. The summed E-state index contributed by atoms with van der Waals surface area (Å²) in [6, 6.07) is 7.55. The molecule has 0 saturated heterocycles. The number of fused-ring (bicyclic) bond motifs is 1. The van der Waals surface area contributed by atoms with Gasteiger partial charge >= 0.3 is 6.03 Å². The van der Waals surface area contributed by atoms with Crippen molar-refractivity contribution in [3.63, 3.8) is 0 Å². The van der Waals surface area contributed by atoms with Crippen LogP contribution in [0, 0.1) is 11.3 Å². The van der Waals surface area contributed by atoms with Crippen molar-refractivity contribution in [3.05, 3.63) is 47.5 Å². The number of aromatic nitrogens is 2. The molecule has 1 aliphatic rings. The number of aryl methyl sites for hydroxylation is 1. The second-order valence-corrected chi connectivity index (χ2v) is 5.29. The van der Waals surface area contributed by atoms with Crippen LogP contribution in [0.1, 0.15) is 36.2 Å². The number of imidazole rings is 1. The lowest BCUT2D eigenvalue weighted by Gasteiger charge is -2.15. The molecule has 1 aliphatic heterocycles. The van der Waals surface area contributed by atoms with E-state index in [1.54, 1.807) is 6.07 Å². The number of carbonyl (C=O) groups is 1.